The van der Waals surface area contributed by atoms with Crippen LogP contribution >= 0.6 is 0 Å². The highest BCUT2D eigenvalue weighted by Gasteiger charge is 2.43. The Labute approximate surface area is 157 Å². The van der Waals surface area contributed by atoms with Gasteiger partial charge in [0.15, 0.2) is 0 Å². The molecule has 1 saturated carbocycles. The molecule has 140 valence electrons. The van der Waals surface area contributed by atoms with E-state index in [9.17, 15) is 9.90 Å². The van der Waals surface area contributed by atoms with Gasteiger partial charge in [-0.1, -0.05) is 18.2 Å². The summed E-state index contributed by atoms with van der Waals surface area (Å²) in [5.41, 5.74) is 1.76. The van der Waals surface area contributed by atoms with E-state index in [-0.39, 0.29) is 11.9 Å². The number of rotatable bonds is 3. The van der Waals surface area contributed by atoms with Crippen molar-refractivity contribution in [2.45, 2.75) is 31.4 Å². The van der Waals surface area contributed by atoms with Crippen LogP contribution < -0.4 is 0 Å². The van der Waals surface area contributed by atoms with Gasteiger partial charge >= 0.3 is 0 Å². The molecule has 3 heterocycles. The van der Waals surface area contributed by atoms with E-state index >= 15 is 0 Å². The number of hydrogen-bond donors (Lipinski definition) is 2. The van der Waals surface area contributed by atoms with Crippen LogP contribution in [0.5, 0.6) is 0 Å². The topological polar surface area (TPSA) is 87.0 Å². The van der Waals surface area contributed by atoms with E-state index in [2.05, 4.69) is 15.3 Å². The lowest BCUT2D eigenvalue weighted by Crippen LogP contribution is -2.36. The van der Waals surface area contributed by atoms with Crippen molar-refractivity contribution < 1.29 is 9.90 Å². The van der Waals surface area contributed by atoms with Crippen LogP contribution in [-0.4, -0.2) is 55.1 Å². The monoisotopic (exact) mass is 365 g/mol. The molecule has 0 radical (unpaired) electrons. The Hall–Kier alpha value is -2.67. The number of H-pyrrole nitrogens is 1. The Morgan fingerprint density at radius 3 is 2.81 bits per heavy atom. The molecule has 7 nitrogen and oxygen atoms in total. The predicted octanol–water partition coefficient (Wildman–Crippen LogP) is 1.77. The van der Waals surface area contributed by atoms with Crippen LogP contribution in [-0.2, 0) is 11.2 Å². The number of para-hydroxylation sites is 1. The van der Waals surface area contributed by atoms with Gasteiger partial charge in [0.1, 0.15) is 0 Å². The first-order valence-electron chi connectivity index (χ1n) is 9.56. The summed E-state index contributed by atoms with van der Waals surface area (Å²) in [5.74, 6) is 0.920. The Morgan fingerprint density at radius 1 is 1.19 bits per heavy atom. The van der Waals surface area contributed by atoms with E-state index in [4.69, 9.17) is 0 Å². The largest absolute Gasteiger partial charge is 0.391 e. The first-order chi connectivity index (χ1) is 13.2. The molecule has 1 amide bonds. The third kappa shape index (κ3) is 2.92. The zero-order valence-electron chi connectivity index (χ0n) is 15.0. The second kappa shape index (κ2) is 6.49. The van der Waals surface area contributed by atoms with Gasteiger partial charge < -0.3 is 10.0 Å². The van der Waals surface area contributed by atoms with Crippen molar-refractivity contribution in [3.8, 4) is 0 Å². The fourth-order valence-electron chi connectivity index (χ4n) is 4.78. The van der Waals surface area contributed by atoms with Crippen molar-refractivity contribution in [3.05, 3.63) is 48.4 Å². The van der Waals surface area contributed by atoms with Crippen LogP contribution in [0.25, 0.3) is 10.9 Å². The van der Waals surface area contributed by atoms with Crippen molar-refractivity contribution in [1.82, 2.24) is 24.9 Å². The summed E-state index contributed by atoms with van der Waals surface area (Å²) in [7, 11) is 0. The van der Waals surface area contributed by atoms with Crippen LogP contribution in [0.3, 0.4) is 0 Å². The lowest BCUT2D eigenvalue weighted by molar-refractivity contribution is -0.129. The number of carbonyl (C=O) groups excluding carboxylic acids is 1. The average Bonchev–Trinajstić information content (AvgIpc) is 3.40. The van der Waals surface area contributed by atoms with E-state index < -0.39 is 6.10 Å². The van der Waals surface area contributed by atoms with Gasteiger partial charge in [-0.05, 0) is 36.8 Å². The highest BCUT2D eigenvalue weighted by molar-refractivity contribution is 5.87. The van der Waals surface area contributed by atoms with E-state index in [1.807, 2.05) is 46.1 Å². The highest BCUT2D eigenvalue weighted by Crippen LogP contribution is 2.41. The summed E-state index contributed by atoms with van der Waals surface area (Å²) in [6.07, 6.45) is 5.19. The molecular formula is C20H23N5O2. The first-order valence-corrected chi connectivity index (χ1v) is 9.56. The molecule has 0 bridgehead atoms. The molecular weight excluding hydrogens is 342 g/mol. The number of aromatic amines is 1. The third-order valence-electron chi connectivity index (χ3n) is 6.19. The second-order valence-corrected chi connectivity index (χ2v) is 7.81. The van der Waals surface area contributed by atoms with Gasteiger partial charge in [0.05, 0.1) is 29.8 Å². The molecule has 2 aliphatic rings. The van der Waals surface area contributed by atoms with Gasteiger partial charge in [0, 0.05) is 30.9 Å². The third-order valence-corrected chi connectivity index (χ3v) is 6.19. The number of amides is 1. The number of likely N-dealkylation sites (tertiary alicyclic amines) is 1. The van der Waals surface area contributed by atoms with Crippen molar-refractivity contribution in [2.24, 2.45) is 11.8 Å². The molecule has 3 aromatic rings. The smallest absolute Gasteiger partial charge is 0.228 e. The molecule has 2 N–H and O–H groups in total. The molecule has 2 aromatic heterocycles. The normalized spacial score (nSPS) is 27.8. The van der Waals surface area contributed by atoms with Gasteiger partial charge in [0.2, 0.25) is 5.91 Å². The van der Waals surface area contributed by atoms with Crippen LogP contribution in [0.2, 0.25) is 0 Å². The van der Waals surface area contributed by atoms with Crippen LogP contribution in [0.4, 0.5) is 0 Å². The highest BCUT2D eigenvalue weighted by atomic mass is 16.3. The van der Waals surface area contributed by atoms with Crippen molar-refractivity contribution in [2.75, 3.05) is 13.1 Å². The van der Waals surface area contributed by atoms with Crippen molar-refractivity contribution in [1.29, 1.82) is 0 Å². The van der Waals surface area contributed by atoms with Gasteiger partial charge in [0.25, 0.3) is 0 Å². The van der Waals surface area contributed by atoms with Crippen LogP contribution in [0, 0.1) is 11.8 Å². The summed E-state index contributed by atoms with van der Waals surface area (Å²) < 4.78 is 1.86. The molecule has 5 rings (SSSR count). The number of aliphatic hydroxyl groups excluding tert-OH is 1. The maximum atomic E-state index is 12.9. The van der Waals surface area contributed by atoms with E-state index in [1.54, 1.807) is 6.20 Å². The molecule has 1 aromatic carbocycles. The van der Waals surface area contributed by atoms with E-state index in [0.717, 1.165) is 42.5 Å². The summed E-state index contributed by atoms with van der Waals surface area (Å²) in [4.78, 5) is 14.9. The number of hydrogen-bond acceptors (Lipinski definition) is 4. The lowest BCUT2D eigenvalue weighted by atomic mass is 9.77. The lowest BCUT2D eigenvalue weighted by Gasteiger charge is -2.35. The van der Waals surface area contributed by atoms with Gasteiger partial charge in [-0.15, -0.1) is 0 Å². The second-order valence-electron chi connectivity index (χ2n) is 7.81. The van der Waals surface area contributed by atoms with E-state index in [1.165, 1.54) is 0 Å². The van der Waals surface area contributed by atoms with Gasteiger partial charge in [-0.3, -0.25) is 14.6 Å². The molecule has 1 aliphatic heterocycles. The summed E-state index contributed by atoms with van der Waals surface area (Å²) in [6.45, 7) is 1.50. The number of benzene rings is 1. The van der Waals surface area contributed by atoms with Gasteiger partial charge in [-0.2, -0.15) is 10.2 Å². The minimum Gasteiger partial charge on any atom is -0.391 e. The number of nitrogens with zero attached hydrogens (tertiary/aromatic N) is 4. The number of aliphatic hydroxyl groups is 1. The molecule has 4 atom stereocenters. The molecule has 7 heteroatoms. The molecule has 0 unspecified atom stereocenters. The van der Waals surface area contributed by atoms with Crippen LogP contribution in [0.15, 0.2) is 42.7 Å². The molecule has 27 heavy (non-hydrogen) atoms. The van der Waals surface area contributed by atoms with E-state index in [0.29, 0.717) is 18.3 Å². The zero-order chi connectivity index (χ0) is 18.4. The average molecular weight is 365 g/mol. The van der Waals surface area contributed by atoms with Gasteiger partial charge in [-0.25, -0.2) is 0 Å². The first kappa shape index (κ1) is 16.5. The Bertz CT molecular complexity index is 950. The molecule has 0 spiro atoms. The minimum absolute atomic E-state index is 0.00727. The summed E-state index contributed by atoms with van der Waals surface area (Å²) in [6, 6.07) is 9.75. The molecule has 2 fully saturated rings. The SMILES string of the molecule is O=C(Cc1[nH]nc2ccccc12)N1C[C@H]2C[C@@H](n3cccn3)[C@H](O)C[C@H]2C1. The predicted molar refractivity (Wildman–Crippen MR) is 99.9 cm³/mol. The Kier molecular flexibility index (Phi) is 3.97. The molecule has 1 saturated heterocycles. The zero-order valence-corrected chi connectivity index (χ0v) is 15.0. The maximum absolute atomic E-state index is 12.9. The Balaban J connectivity index is 1.28. The quantitative estimate of drug-likeness (QED) is 0.741. The summed E-state index contributed by atoms with van der Waals surface area (Å²) in [5, 5.41) is 23.2. The number of aromatic nitrogens is 4. The minimum atomic E-state index is -0.405. The molecule has 1 aliphatic carbocycles. The number of carbonyl (C=O) groups is 1. The fraction of sp³-hybridized carbons (Fsp3) is 0.450. The number of fused-ring (bicyclic) bond motifs is 2. The number of nitrogens with one attached hydrogen (secondary N) is 1. The van der Waals surface area contributed by atoms with Crippen molar-refractivity contribution in [3.63, 3.8) is 0 Å². The van der Waals surface area contributed by atoms with Crippen LogP contribution in [0.1, 0.15) is 24.6 Å². The Morgan fingerprint density at radius 2 is 2.00 bits per heavy atom. The fourth-order valence-corrected chi connectivity index (χ4v) is 4.78. The summed E-state index contributed by atoms with van der Waals surface area (Å²) >= 11 is 0. The standard InChI is InChI=1S/C20H23N5O2/c26-19-9-14-12-24(11-13(14)8-18(19)25-7-3-6-21-25)20(27)10-17-15-4-1-2-5-16(15)22-23-17/h1-7,13-14,18-19,26H,8-12H2,(H,22,23)/t13-,14+,18-,19-/m1/s1. The van der Waals surface area contributed by atoms with Crippen molar-refractivity contribution >= 4 is 16.8 Å². The maximum Gasteiger partial charge on any atom is 0.228 e.